The van der Waals surface area contributed by atoms with Gasteiger partial charge in [-0.1, -0.05) is 56.6 Å². The summed E-state index contributed by atoms with van der Waals surface area (Å²) in [6.45, 7) is 0. The van der Waals surface area contributed by atoms with Gasteiger partial charge in [0.25, 0.3) is 0 Å². The number of benzene rings is 1. The summed E-state index contributed by atoms with van der Waals surface area (Å²) >= 11 is 11.4. The molecule has 0 aliphatic carbocycles. The first kappa shape index (κ1) is 13.8. The Labute approximate surface area is 134 Å². The number of hydrogen-bond acceptors (Lipinski definition) is 5. The van der Waals surface area contributed by atoms with Crippen LogP contribution in [0.25, 0.3) is 10.6 Å². The lowest BCUT2D eigenvalue weighted by atomic mass is 10.1. The summed E-state index contributed by atoms with van der Waals surface area (Å²) in [4.78, 5) is 9.61. The molecule has 0 radical (unpaired) electrons. The molecule has 0 N–H and O–H groups in total. The molecular weight excluding hydrogens is 328 g/mol. The molecule has 100 valence electrons. The maximum atomic E-state index is 5.92. The van der Waals surface area contributed by atoms with Gasteiger partial charge < -0.3 is 0 Å². The smallest absolute Gasteiger partial charge is 0.106 e. The molecule has 2 heterocycles. The summed E-state index contributed by atoms with van der Waals surface area (Å²) in [5.74, 6) is 0. The topological polar surface area (TPSA) is 25.8 Å². The number of halogens is 1. The third kappa shape index (κ3) is 2.96. The number of rotatable bonds is 3. The van der Waals surface area contributed by atoms with Crippen LogP contribution in [-0.2, 0) is 6.42 Å². The highest BCUT2D eigenvalue weighted by atomic mass is 35.5. The van der Waals surface area contributed by atoms with E-state index in [1.165, 1.54) is 5.56 Å². The van der Waals surface area contributed by atoms with Crippen LogP contribution in [0.15, 0.2) is 42.9 Å². The van der Waals surface area contributed by atoms with E-state index in [1.807, 2.05) is 24.3 Å². The number of aromatic nitrogens is 2. The monoisotopic (exact) mass is 336 g/mol. The lowest BCUT2D eigenvalue weighted by Gasteiger charge is -2.03. The fraction of sp³-hybridized carbons (Fsp3) is 0.0714. The maximum Gasteiger partial charge on any atom is 0.106 e. The van der Waals surface area contributed by atoms with Gasteiger partial charge in [-0.25, -0.2) is 0 Å². The minimum absolute atomic E-state index is 0.745. The highest BCUT2D eigenvalue weighted by molar-refractivity contribution is 7.80. The van der Waals surface area contributed by atoms with Crippen molar-refractivity contribution in [2.75, 3.05) is 0 Å². The summed E-state index contributed by atoms with van der Waals surface area (Å²) < 4.78 is 0.922. The second-order valence-electron chi connectivity index (χ2n) is 4.16. The molecule has 20 heavy (non-hydrogen) atoms. The zero-order valence-electron chi connectivity index (χ0n) is 10.2. The standard InChI is InChI=1S/C14H9ClN2S3/c15-10-3-1-9(2-4-10)7-11-13(19-20-14(11)18)12-8-16-5-6-17-12/h1-6,8H,7H2. The Bertz CT molecular complexity index is 763. The van der Waals surface area contributed by atoms with Crippen LogP contribution in [0.2, 0.25) is 5.02 Å². The first-order valence-corrected chi connectivity index (χ1v) is 8.80. The van der Waals surface area contributed by atoms with Crippen molar-refractivity contribution in [2.45, 2.75) is 6.42 Å². The van der Waals surface area contributed by atoms with Crippen LogP contribution in [0.5, 0.6) is 0 Å². The van der Waals surface area contributed by atoms with Gasteiger partial charge >= 0.3 is 0 Å². The van der Waals surface area contributed by atoms with Crippen molar-refractivity contribution in [3.63, 3.8) is 0 Å². The van der Waals surface area contributed by atoms with E-state index in [1.54, 1.807) is 39.3 Å². The van der Waals surface area contributed by atoms with Gasteiger partial charge in [-0.2, -0.15) is 0 Å². The van der Waals surface area contributed by atoms with Crippen LogP contribution < -0.4 is 0 Å². The van der Waals surface area contributed by atoms with Crippen molar-refractivity contribution in [1.82, 2.24) is 9.97 Å². The molecule has 3 aromatic rings. The molecular formula is C14H9ClN2S3. The van der Waals surface area contributed by atoms with Crippen LogP contribution >= 0.6 is 44.5 Å². The Morgan fingerprint density at radius 2 is 1.90 bits per heavy atom. The van der Waals surface area contributed by atoms with E-state index in [0.29, 0.717) is 0 Å². The van der Waals surface area contributed by atoms with E-state index in [4.69, 9.17) is 23.8 Å². The second kappa shape index (κ2) is 6.10. The van der Waals surface area contributed by atoms with Crippen molar-refractivity contribution in [2.24, 2.45) is 0 Å². The van der Waals surface area contributed by atoms with Gasteiger partial charge in [-0.15, -0.1) is 0 Å². The van der Waals surface area contributed by atoms with Gasteiger partial charge in [0.15, 0.2) is 0 Å². The molecule has 6 heteroatoms. The molecule has 0 aliphatic heterocycles. The maximum absolute atomic E-state index is 5.92. The summed E-state index contributed by atoms with van der Waals surface area (Å²) in [5.41, 5.74) is 3.22. The lowest BCUT2D eigenvalue weighted by molar-refractivity contribution is 1.18. The summed E-state index contributed by atoms with van der Waals surface area (Å²) in [5, 5.41) is 0.745. The predicted molar refractivity (Wildman–Crippen MR) is 88.3 cm³/mol. The van der Waals surface area contributed by atoms with E-state index in [2.05, 4.69) is 9.97 Å². The highest BCUT2D eigenvalue weighted by Gasteiger charge is 2.12. The molecule has 3 rings (SSSR count). The van der Waals surface area contributed by atoms with Crippen LogP contribution in [-0.4, -0.2) is 9.97 Å². The van der Waals surface area contributed by atoms with Crippen molar-refractivity contribution in [3.05, 3.63) is 62.8 Å². The van der Waals surface area contributed by atoms with Crippen molar-refractivity contribution < 1.29 is 0 Å². The molecule has 2 aromatic heterocycles. The average molecular weight is 337 g/mol. The van der Waals surface area contributed by atoms with E-state index in [0.717, 1.165) is 31.4 Å². The van der Waals surface area contributed by atoms with E-state index in [-0.39, 0.29) is 0 Å². The molecule has 0 fully saturated rings. The third-order valence-electron chi connectivity index (χ3n) is 2.81. The van der Waals surface area contributed by atoms with E-state index in [9.17, 15) is 0 Å². The van der Waals surface area contributed by atoms with Crippen molar-refractivity contribution in [1.29, 1.82) is 0 Å². The largest absolute Gasteiger partial charge is 0.261 e. The van der Waals surface area contributed by atoms with Gasteiger partial charge in [0, 0.05) is 29.4 Å². The quantitative estimate of drug-likeness (QED) is 0.483. The Balaban J connectivity index is 2.00. The van der Waals surface area contributed by atoms with Gasteiger partial charge in [0.2, 0.25) is 0 Å². The Morgan fingerprint density at radius 1 is 1.10 bits per heavy atom. The normalized spacial score (nSPS) is 10.7. The third-order valence-corrected chi connectivity index (χ3v) is 6.23. The molecule has 0 aliphatic rings. The van der Waals surface area contributed by atoms with Crippen molar-refractivity contribution >= 4 is 44.5 Å². The second-order valence-corrected chi connectivity index (χ2v) is 7.41. The highest BCUT2D eigenvalue weighted by Crippen LogP contribution is 2.34. The summed E-state index contributed by atoms with van der Waals surface area (Å²) in [6.07, 6.45) is 5.95. The van der Waals surface area contributed by atoms with Crippen LogP contribution in [0.4, 0.5) is 0 Å². The summed E-state index contributed by atoms with van der Waals surface area (Å²) in [6, 6.07) is 7.86. The average Bonchev–Trinajstić information content (AvgIpc) is 2.84. The Hall–Kier alpha value is -1.14. The minimum Gasteiger partial charge on any atom is -0.261 e. The van der Waals surface area contributed by atoms with E-state index < -0.39 is 0 Å². The summed E-state index contributed by atoms with van der Waals surface area (Å²) in [7, 11) is 3.27. The van der Waals surface area contributed by atoms with Crippen molar-refractivity contribution in [3.8, 4) is 10.6 Å². The molecule has 1 aromatic carbocycles. The zero-order chi connectivity index (χ0) is 13.9. The van der Waals surface area contributed by atoms with Crippen LogP contribution in [0, 0.1) is 3.82 Å². The molecule has 0 spiro atoms. The molecule has 0 bridgehead atoms. The first-order chi connectivity index (χ1) is 9.74. The molecule has 0 atom stereocenters. The molecule has 0 saturated carbocycles. The fourth-order valence-corrected chi connectivity index (χ4v) is 4.82. The van der Waals surface area contributed by atoms with E-state index >= 15 is 0 Å². The molecule has 2 nitrogen and oxygen atoms in total. The molecule has 0 amide bonds. The minimum atomic E-state index is 0.745. The zero-order valence-corrected chi connectivity index (χ0v) is 13.5. The predicted octanol–water partition coefficient (Wildman–Crippen LogP) is 5.24. The van der Waals surface area contributed by atoms with Crippen LogP contribution in [0.3, 0.4) is 0 Å². The fourth-order valence-electron chi connectivity index (χ4n) is 1.85. The van der Waals surface area contributed by atoms with Gasteiger partial charge in [0.1, 0.15) is 3.82 Å². The SMILES string of the molecule is S=c1ssc(-c2cnccn2)c1Cc1ccc(Cl)cc1. The first-order valence-electron chi connectivity index (χ1n) is 5.87. The Morgan fingerprint density at radius 3 is 2.60 bits per heavy atom. The molecule has 0 saturated heterocycles. The lowest BCUT2D eigenvalue weighted by Crippen LogP contribution is -1.91. The van der Waals surface area contributed by atoms with Gasteiger partial charge in [-0.3, -0.25) is 9.97 Å². The number of hydrogen-bond donors (Lipinski definition) is 0. The molecule has 0 unspecified atom stereocenters. The van der Waals surface area contributed by atoms with Gasteiger partial charge in [0.05, 0.1) is 16.8 Å². The van der Waals surface area contributed by atoms with Crippen LogP contribution in [0.1, 0.15) is 11.1 Å². The van der Waals surface area contributed by atoms with Gasteiger partial charge in [-0.05, 0) is 17.7 Å². The Kier molecular flexibility index (Phi) is 4.21. The number of nitrogens with zero attached hydrogens (tertiary/aromatic N) is 2.